The number of nitrogens with two attached hydrogens (primary N) is 1. The Labute approximate surface area is 139 Å². The molecule has 0 aliphatic rings. The zero-order chi connectivity index (χ0) is 16.9. The molecule has 2 amide bonds. The van der Waals surface area contributed by atoms with E-state index in [1.165, 1.54) is 0 Å². The zero-order valence-corrected chi connectivity index (χ0v) is 13.0. The first-order valence-corrected chi connectivity index (χ1v) is 7.66. The number of fused-ring (bicyclic) bond motifs is 1. The van der Waals surface area contributed by atoms with E-state index in [1.807, 2.05) is 42.5 Å². The molecule has 120 valence electrons. The van der Waals surface area contributed by atoms with Crippen LogP contribution in [0.4, 0.5) is 5.69 Å². The highest BCUT2D eigenvalue weighted by atomic mass is 16.2. The second-order valence-electron chi connectivity index (χ2n) is 5.49. The van der Waals surface area contributed by atoms with Gasteiger partial charge in [-0.25, -0.2) is 0 Å². The van der Waals surface area contributed by atoms with Crippen LogP contribution in [0.2, 0.25) is 0 Å². The summed E-state index contributed by atoms with van der Waals surface area (Å²) in [4.78, 5) is 27.9. The van der Waals surface area contributed by atoms with E-state index < -0.39 is 5.91 Å². The average Bonchev–Trinajstić information content (AvgIpc) is 2.60. The van der Waals surface area contributed by atoms with E-state index in [4.69, 9.17) is 5.73 Å². The van der Waals surface area contributed by atoms with Crippen molar-refractivity contribution in [3.8, 4) is 0 Å². The van der Waals surface area contributed by atoms with Gasteiger partial charge in [0.1, 0.15) is 0 Å². The summed E-state index contributed by atoms with van der Waals surface area (Å²) in [7, 11) is 0. The van der Waals surface area contributed by atoms with Crippen LogP contribution in [-0.4, -0.2) is 16.8 Å². The third kappa shape index (κ3) is 3.57. The van der Waals surface area contributed by atoms with Crippen molar-refractivity contribution in [2.45, 2.75) is 12.8 Å². The molecule has 1 heterocycles. The predicted molar refractivity (Wildman–Crippen MR) is 93.7 cm³/mol. The van der Waals surface area contributed by atoms with Gasteiger partial charge in [-0.2, -0.15) is 0 Å². The third-order valence-electron chi connectivity index (χ3n) is 3.78. The lowest BCUT2D eigenvalue weighted by atomic mass is 10.0. The van der Waals surface area contributed by atoms with Crippen LogP contribution in [0.1, 0.15) is 22.3 Å². The molecule has 0 aliphatic carbocycles. The Balaban J connectivity index is 1.66. The number of rotatable bonds is 5. The van der Waals surface area contributed by atoms with Gasteiger partial charge in [0.25, 0.3) is 0 Å². The van der Waals surface area contributed by atoms with Crippen molar-refractivity contribution in [3.05, 3.63) is 71.9 Å². The highest BCUT2D eigenvalue weighted by molar-refractivity contribution is 5.95. The van der Waals surface area contributed by atoms with E-state index in [9.17, 15) is 9.59 Å². The monoisotopic (exact) mass is 319 g/mol. The normalized spacial score (nSPS) is 10.5. The molecule has 0 atom stereocenters. The van der Waals surface area contributed by atoms with Crippen LogP contribution in [0.25, 0.3) is 10.9 Å². The lowest BCUT2D eigenvalue weighted by Gasteiger charge is -2.08. The van der Waals surface area contributed by atoms with Crippen LogP contribution in [-0.2, 0) is 11.2 Å². The molecule has 5 nitrogen and oxygen atoms in total. The number of nitrogens with one attached hydrogen (secondary N) is 1. The fourth-order valence-electron chi connectivity index (χ4n) is 2.59. The largest absolute Gasteiger partial charge is 0.366 e. The maximum Gasteiger partial charge on any atom is 0.248 e. The van der Waals surface area contributed by atoms with Gasteiger partial charge in [-0.15, -0.1) is 0 Å². The molecular weight excluding hydrogens is 302 g/mol. The van der Waals surface area contributed by atoms with E-state index in [2.05, 4.69) is 10.3 Å². The molecule has 5 heteroatoms. The van der Waals surface area contributed by atoms with Crippen LogP contribution in [0.5, 0.6) is 0 Å². The maximum atomic E-state index is 12.1. The minimum atomic E-state index is -0.482. The Morgan fingerprint density at radius 1 is 1.04 bits per heavy atom. The minimum absolute atomic E-state index is 0.133. The van der Waals surface area contributed by atoms with Crippen molar-refractivity contribution in [1.29, 1.82) is 0 Å². The molecule has 24 heavy (non-hydrogen) atoms. The fraction of sp³-hybridized carbons (Fsp3) is 0.105. The maximum absolute atomic E-state index is 12.1. The van der Waals surface area contributed by atoms with Gasteiger partial charge in [0, 0.05) is 17.4 Å². The molecule has 0 unspecified atom stereocenters. The molecule has 0 spiro atoms. The van der Waals surface area contributed by atoms with Crippen molar-refractivity contribution < 1.29 is 9.59 Å². The minimum Gasteiger partial charge on any atom is -0.366 e. The van der Waals surface area contributed by atoms with Gasteiger partial charge in [-0.05, 0) is 30.2 Å². The molecule has 0 bridgehead atoms. The molecule has 0 aliphatic heterocycles. The SMILES string of the molecule is NC(=O)c1ccccc1CCC(=O)Nc1cnc2ccccc2c1. The molecule has 0 saturated heterocycles. The summed E-state index contributed by atoms with van der Waals surface area (Å²) in [6.45, 7) is 0. The van der Waals surface area contributed by atoms with Crippen molar-refractivity contribution in [2.75, 3.05) is 5.32 Å². The number of amides is 2. The summed E-state index contributed by atoms with van der Waals surface area (Å²) in [6, 6.07) is 16.7. The lowest BCUT2D eigenvalue weighted by Crippen LogP contribution is -2.16. The summed E-state index contributed by atoms with van der Waals surface area (Å²) in [6.07, 6.45) is 2.35. The number of hydrogen-bond acceptors (Lipinski definition) is 3. The topological polar surface area (TPSA) is 85.1 Å². The number of carbonyl (C=O) groups excluding carboxylic acids is 2. The van der Waals surface area contributed by atoms with Gasteiger partial charge in [0.2, 0.25) is 11.8 Å². The van der Waals surface area contributed by atoms with Crippen LogP contribution in [0, 0.1) is 0 Å². The number of nitrogens with zero attached hydrogens (tertiary/aromatic N) is 1. The smallest absolute Gasteiger partial charge is 0.248 e. The standard InChI is InChI=1S/C19H17N3O2/c20-19(24)16-7-3-1-5-13(16)9-10-18(23)22-15-11-14-6-2-4-8-17(14)21-12-15/h1-8,11-12H,9-10H2,(H2,20,24)(H,22,23). The van der Waals surface area contributed by atoms with Crippen LogP contribution in [0.15, 0.2) is 60.8 Å². The van der Waals surface area contributed by atoms with Gasteiger partial charge in [-0.3, -0.25) is 14.6 Å². The second-order valence-corrected chi connectivity index (χ2v) is 5.49. The highest BCUT2D eigenvalue weighted by Crippen LogP contribution is 2.17. The zero-order valence-electron chi connectivity index (χ0n) is 13.0. The first kappa shape index (κ1) is 15.7. The predicted octanol–water partition coefficient (Wildman–Crippen LogP) is 2.91. The first-order chi connectivity index (χ1) is 11.6. The first-order valence-electron chi connectivity index (χ1n) is 7.66. The van der Waals surface area contributed by atoms with E-state index >= 15 is 0 Å². The van der Waals surface area contributed by atoms with E-state index in [0.717, 1.165) is 16.5 Å². The van der Waals surface area contributed by atoms with Crippen LogP contribution < -0.4 is 11.1 Å². The van der Waals surface area contributed by atoms with Crippen LogP contribution >= 0.6 is 0 Å². The number of aromatic nitrogens is 1. The molecule has 3 rings (SSSR count). The Morgan fingerprint density at radius 3 is 2.62 bits per heavy atom. The van der Waals surface area contributed by atoms with Gasteiger partial charge in [0.05, 0.1) is 17.4 Å². The molecule has 3 aromatic rings. The molecule has 3 N–H and O–H groups in total. The summed E-state index contributed by atoms with van der Waals surface area (Å²) in [5.74, 6) is -0.615. The summed E-state index contributed by atoms with van der Waals surface area (Å²) >= 11 is 0. The molecular formula is C19H17N3O2. The summed E-state index contributed by atoms with van der Waals surface area (Å²) in [5.41, 5.74) is 8.12. The fourth-order valence-corrected chi connectivity index (χ4v) is 2.59. The van der Waals surface area contributed by atoms with Gasteiger partial charge < -0.3 is 11.1 Å². The number of para-hydroxylation sites is 1. The summed E-state index contributed by atoms with van der Waals surface area (Å²) < 4.78 is 0. The second kappa shape index (κ2) is 6.91. The number of hydrogen-bond donors (Lipinski definition) is 2. The van der Waals surface area contributed by atoms with Gasteiger partial charge in [0.15, 0.2) is 0 Å². The van der Waals surface area contributed by atoms with Crippen molar-refractivity contribution in [3.63, 3.8) is 0 Å². The molecule has 0 saturated carbocycles. The molecule has 2 aromatic carbocycles. The van der Waals surface area contributed by atoms with Crippen molar-refractivity contribution in [1.82, 2.24) is 4.98 Å². The quantitative estimate of drug-likeness (QED) is 0.758. The lowest BCUT2D eigenvalue weighted by molar-refractivity contribution is -0.116. The Hall–Kier alpha value is -3.21. The number of anilines is 1. The average molecular weight is 319 g/mol. The van der Waals surface area contributed by atoms with E-state index in [0.29, 0.717) is 17.7 Å². The number of pyridine rings is 1. The van der Waals surface area contributed by atoms with E-state index in [-0.39, 0.29) is 12.3 Å². The molecule has 0 fully saturated rings. The van der Waals surface area contributed by atoms with Gasteiger partial charge in [-0.1, -0.05) is 36.4 Å². The number of primary amides is 1. The van der Waals surface area contributed by atoms with Crippen molar-refractivity contribution >= 4 is 28.4 Å². The number of aryl methyl sites for hydroxylation is 1. The molecule has 1 aromatic heterocycles. The number of carbonyl (C=O) groups is 2. The van der Waals surface area contributed by atoms with Crippen molar-refractivity contribution in [2.24, 2.45) is 5.73 Å². The molecule has 0 radical (unpaired) electrons. The Kier molecular flexibility index (Phi) is 4.52. The third-order valence-corrected chi connectivity index (χ3v) is 3.78. The van der Waals surface area contributed by atoms with Crippen LogP contribution in [0.3, 0.4) is 0 Å². The highest BCUT2D eigenvalue weighted by Gasteiger charge is 2.10. The Morgan fingerprint density at radius 2 is 1.79 bits per heavy atom. The summed E-state index contributed by atoms with van der Waals surface area (Å²) in [5, 5.41) is 3.80. The Bertz CT molecular complexity index is 906. The number of benzene rings is 2. The van der Waals surface area contributed by atoms with E-state index in [1.54, 1.807) is 18.3 Å². The van der Waals surface area contributed by atoms with Gasteiger partial charge >= 0.3 is 0 Å².